The van der Waals surface area contributed by atoms with Crippen LogP contribution in [-0.4, -0.2) is 18.6 Å². The maximum Gasteiger partial charge on any atom is 0.265 e. The molecule has 3 rings (SSSR count). The molecule has 2 aliphatic rings. The Morgan fingerprint density at radius 2 is 2.29 bits per heavy atom. The van der Waals surface area contributed by atoms with Crippen LogP contribution in [0.3, 0.4) is 0 Å². The molecule has 1 aliphatic heterocycles. The van der Waals surface area contributed by atoms with Crippen LogP contribution in [-0.2, 0) is 10.2 Å². The van der Waals surface area contributed by atoms with Gasteiger partial charge in [0.15, 0.2) is 6.10 Å². The summed E-state index contributed by atoms with van der Waals surface area (Å²) in [5.74, 6) is 0.666. The Morgan fingerprint density at radius 1 is 1.53 bits per heavy atom. The third kappa shape index (κ3) is 1.60. The standard InChI is InChI=1S/C13H16N2O2/c1-8-12(16)15-10-3-2-9(6-11(10)17-8)13(7-14)4-5-13/h2-3,6,8H,4-5,7,14H2,1H3,(H,15,16). The number of hydrogen-bond donors (Lipinski definition) is 2. The molecule has 0 aromatic heterocycles. The van der Waals surface area contributed by atoms with Gasteiger partial charge in [0.1, 0.15) is 5.75 Å². The fourth-order valence-corrected chi connectivity index (χ4v) is 2.29. The van der Waals surface area contributed by atoms with Crippen LogP contribution in [0.25, 0.3) is 0 Å². The van der Waals surface area contributed by atoms with Crippen molar-refractivity contribution in [3.8, 4) is 5.75 Å². The van der Waals surface area contributed by atoms with Crippen LogP contribution in [0, 0.1) is 0 Å². The maximum absolute atomic E-state index is 11.5. The van der Waals surface area contributed by atoms with Gasteiger partial charge in [-0.25, -0.2) is 0 Å². The summed E-state index contributed by atoms with van der Waals surface area (Å²) in [7, 11) is 0. The van der Waals surface area contributed by atoms with Gasteiger partial charge in [-0.15, -0.1) is 0 Å². The zero-order valence-electron chi connectivity index (χ0n) is 9.82. The second-order valence-electron chi connectivity index (χ2n) is 4.94. The van der Waals surface area contributed by atoms with E-state index in [1.165, 1.54) is 5.56 Å². The van der Waals surface area contributed by atoms with Gasteiger partial charge in [0.05, 0.1) is 5.69 Å². The first-order valence-corrected chi connectivity index (χ1v) is 5.97. The summed E-state index contributed by atoms with van der Waals surface area (Å²) in [4.78, 5) is 11.5. The number of fused-ring (bicyclic) bond motifs is 1. The van der Waals surface area contributed by atoms with Crippen LogP contribution in [0.15, 0.2) is 18.2 Å². The number of carbonyl (C=O) groups is 1. The van der Waals surface area contributed by atoms with Gasteiger partial charge in [0.2, 0.25) is 0 Å². The lowest BCUT2D eigenvalue weighted by Gasteiger charge is -2.25. The van der Waals surface area contributed by atoms with E-state index in [0.717, 1.165) is 24.3 Å². The molecule has 4 nitrogen and oxygen atoms in total. The normalized spacial score (nSPS) is 24.6. The summed E-state index contributed by atoms with van der Waals surface area (Å²) in [6, 6.07) is 5.97. The van der Waals surface area contributed by atoms with Crippen molar-refractivity contribution in [2.24, 2.45) is 5.73 Å². The van der Waals surface area contributed by atoms with Crippen LogP contribution in [0.2, 0.25) is 0 Å². The first kappa shape index (κ1) is 10.6. The van der Waals surface area contributed by atoms with Gasteiger partial charge < -0.3 is 15.8 Å². The van der Waals surface area contributed by atoms with Crippen LogP contribution >= 0.6 is 0 Å². The molecule has 90 valence electrons. The number of nitrogens with two attached hydrogens (primary N) is 1. The molecular formula is C13H16N2O2. The number of ether oxygens (including phenoxy) is 1. The minimum atomic E-state index is -0.425. The third-order valence-electron chi connectivity index (χ3n) is 3.77. The van der Waals surface area contributed by atoms with Gasteiger partial charge in [-0.1, -0.05) is 6.07 Å². The Labute approximate surface area is 100 Å². The maximum atomic E-state index is 11.5. The van der Waals surface area contributed by atoms with Crippen molar-refractivity contribution >= 4 is 11.6 Å². The van der Waals surface area contributed by atoms with E-state index in [4.69, 9.17) is 10.5 Å². The summed E-state index contributed by atoms with van der Waals surface area (Å²) >= 11 is 0. The van der Waals surface area contributed by atoms with Crippen LogP contribution in [0.4, 0.5) is 5.69 Å². The lowest BCUT2D eigenvalue weighted by molar-refractivity contribution is -0.122. The highest BCUT2D eigenvalue weighted by atomic mass is 16.5. The molecule has 1 saturated carbocycles. The Balaban J connectivity index is 1.97. The van der Waals surface area contributed by atoms with Crippen molar-refractivity contribution in [2.45, 2.75) is 31.3 Å². The number of carbonyl (C=O) groups excluding carboxylic acids is 1. The molecule has 1 atom stereocenters. The largest absolute Gasteiger partial charge is 0.479 e. The molecule has 4 heteroatoms. The average molecular weight is 232 g/mol. The van der Waals surface area contributed by atoms with E-state index in [2.05, 4.69) is 5.32 Å². The number of nitrogens with one attached hydrogen (secondary N) is 1. The smallest absolute Gasteiger partial charge is 0.265 e. The van der Waals surface area contributed by atoms with Crippen LogP contribution < -0.4 is 15.8 Å². The minimum Gasteiger partial charge on any atom is -0.479 e. The average Bonchev–Trinajstić information content (AvgIpc) is 3.11. The molecule has 1 fully saturated rings. The lowest BCUT2D eigenvalue weighted by Crippen LogP contribution is -2.34. The van der Waals surface area contributed by atoms with Gasteiger partial charge in [0, 0.05) is 12.0 Å². The zero-order chi connectivity index (χ0) is 12.0. The van der Waals surface area contributed by atoms with E-state index in [-0.39, 0.29) is 11.3 Å². The molecule has 0 bridgehead atoms. The molecule has 1 aromatic rings. The molecule has 1 aromatic carbocycles. The van der Waals surface area contributed by atoms with Crippen molar-refractivity contribution in [1.82, 2.24) is 0 Å². The second-order valence-corrected chi connectivity index (χ2v) is 4.94. The molecule has 3 N–H and O–H groups in total. The molecule has 17 heavy (non-hydrogen) atoms. The van der Waals surface area contributed by atoms with Crippen molar-refractivity contribution in [3.05, 3.63) is 23.8 Å². The minimum absolute atomic E-state index is 0.0924. The van der Waals surface area contributed by atoms with Crippen molar-refractivity contribution < 1.29 is 9.53 Å². The summed E-state index contributed by atoms with van der Waals surface area (Å²) in [5, 5.41) is 2.83. The van der Waals surface area contributed by atoms with Gasteiger partial charge in [-0.3, -0.25) is 4.79 Å². The molecule has 0 spiro atoms. The fraction of sp³-hybridized carbons (Fsp3) is 0.462. The van der Waals surface area contributed by atoms with E-state index >= 15 is 0 Å². The van der Waals surface area contributed by atoms with Gasteiger partial charge in [0.25, 0.3) is 5.91 Å². The third-order valence-corrected chi connectivity index (χ3v) is 3.77. The first-order chi connectivity index (χ1) is 8.14. The van der Waals surface area contributed by atoms with Crippen LogP contribution in [0.1, 0.15) is 25.3 Å². The first-order valence-electron chi connectivity index (χ1n) is 5.97. The van der Waals surface area contributed by atoms with E-state index in [1.54, 1.807) is 6.92 Å². The summed E-state index contributed by atoms with van der Waals surface area (Å²) in [6.45, 7) is 2.43. The molecule has 1 heterocycles. The highest BCUT2D eigenvalue weighted by Gasteiger charge is 2.43. The summed E-state index contributed by atoms with van der Waals surface area (Å²) < 4.78 is 5.60. The number of rotatable bonds is 2. The number of benzene rings is 1. The number of anilines is 1. The van der Waals surface area contributed by atoms with Crippen molar-refractivity contribution in [3.63, 3.8) is 0 Å². The van der Waals surface area contributed by atoms with Gasteiger partial charge in [-0.05, 0) is 37.5 Å². The van der Waals surface area contributed by atoms with E-state index in [0.29, 0.717) is 6.54 Å². The number of amides is 1. The van der Waals surface area contributed by atoms with Crippen LogP contribution in [0.5, 0.6) is 5.75 Å². The second kappa shape index (κ2) is 3.47. The Hall–Kier alpha value is -1.55. The van der Waals surface area contributed by atoms with Crippen molar-refractivity contribution in [1.29, 1.82) is 0 Å². The summed E-state index contributed by atoms with van der Waals surface area (Å²) in [6.07, 6.45) is 1.86. The van der Waals surface area contributed by atoms with Gasteiger partial charge in [-0.2, -0.15) is 0 Å². The molecule has 1 unspecified atom stereocenters. The van der Waals surface area contributed by atoms with Gasteiger partial charge >= 0.3 is 0 Å². The highest BCUT2D eigenvalue weighted by Crippen LogP contribution is 2.49. The lowest BCUT2D eigenvalue weighted by atomic mass is 9.95. The predicted octanol–water partition coefficient (Wildman–Crippen LogP) is 1.40. The van der Waals surface area contributed by atoms with E-state index < -0.39 is 6.10 Å². The monoisotopic (exact) mass is 232 g/mol. The van der Waals surface area contributed by atoms with E-state index in [1.807, 2.05) is 18.2 Å². The molecule has 0 radical (unpaired) electrons. The Kier molecular flexibility index (Phi) is 2.16. The topological polar surface area (TPSA) is 64.3 Å². The number of hydrogen-bond acceptors (Lipinski definition) is 3. The zero-order valence-corrected chi connectivity index (χ0v) is 9.82. The van der Waals surface area contributed by atoms with Crippen molar-refractivity contribution in [2.75, 3.05) is 11.9 Å². The van der Waals surface area contributed by atoms with E-state index in [9.17, 15) is 4.79 Å². The molecular weight excluding hydrogens is 216 g/mol. The predicted molar refractivity (Wildman–Crippen MR) is 65.1 cm³/mol. The quantitative estimate of drug-likeness (QED) is 0.810. The summed E-state index contributed by atoms with van der Waals surface area (Å²) in [5.41, 5.74) is 7.95. The molecule has 1 amide bonds. The highest BCUT2D eigenvalue weighted by molar-refractivity contribution is 5.97. The Morgan fingerprint density at radius 3 is 2.94 bits per heavy atom. The molecule has 1 aliphatic carbocycles. The fourth-order valence-electron chi connectivity index (χ4n) is 2.29. The Bertz CT molecular complexity index is 480. The molecule has 0 saturated heterocycles. The SMILES string of the molecule is CC1Oc2cc(C3(CN)CC3)ccc2NC1=O.